The normalized spacial score (nSPS) is 19.4. The Hall–Kier alpha value is -1.81. The monoisotopic (exact) mass is 286 g/mol. The molecule has 3 rings (SSSR count). The molecular weight excluding hydrogens is 264 g/mol. The fourth-order valence-electron chi connectivity index (χ4n) is 3.60. The van der Waals surface area contributed by atoms with Crippen molar-refractivity contribution in [2.24, 2.45) is 5.73 Å². The fraction of sp³-hybridized carbons (Fsp3) is 0.471. The lowest BCUT2D eigenvalue weighted by Crippen LogP contribution is -2.28. The number of aromatic nitrogens is 1. The number of fused-ring (bicyclic) bond motifs is 3. The molecule has 21 heavy (non-hydrogen) atoms. The SMILES string of the molecule is CCCC(C(=O)O)c1c2c(n3ccccc13)C[C@H](N)CC2. The van der Waals surface area contributed by atoms with Gasteiger partial charge in [-0.2, -0.15) is 0 Å². The van der Waals surface area contributed by atoms with Crippen LogP contribution in [0.1, 0.15) is 48.9 Å². The number of nitrogens with two attached hydrogens (primary N) is 1. The van der Waals surface area contributed by atoms with E-state index >= 15 is 0 Å². The maximum absolute atomic E-state index is 11.7. The van der Waals surface area contributed by atoms with Crippen molar-refractivity contribution in [3.8, 4) is 0 Å². The van der Waals surface area contributed by atoms with Crippen LogP contribution in [0.15, 0.2) is 24.4 Å². The Labute approximate surface area is 124 Å². The molecule has 4 heteroatoms. The minimum Gasteiger partial charge on any atom is -0.481 e. The van der Waals surface area contributed by atoms with Gasteiger partial charge in [-0.1, -0.05) is 19.4 Å². The van der Waals surface area contributed by atoms with Crippen LogP contribution in [0, 0.1) is 0 Å². The predicted molar refractivity (Wildman–Crippen MR) is 82.7 cm³/mol. The summed E-state index contributed by atoms with van der Waals surface area (Å²) in [5.74, 6) is -1.13. The average Bonchev–Trinajstić information content (AvgIpc) is 2.78. The number of carbonyl (C=O) groups is 1. The summed E-state index contributed by atoms with van der Waals surface area (Å²) >= 11 is 0. The van der Waals surface area contributed by atoms with E-state index < -0.39 is 11.9 Å². The van der Waals surface area contributed by atoms with E-state index in [2.05, 4.69) is 4.40 Å². The van der Waals surface area contributed by atoms with Crippen LogP contribution in [0.3, 0.4) is 0 Å². The van der Waals surface area contributed by atoms with Crippen molar-refractivity contribution in [2.75, 3.05) is 0 Å². The molecule has 1 unspecified atom stereocenters. The lowest BCUT2D eigenvalue weighted by molar-refractivity contribution is -0.139. The molecular formula is C17H22N2O2. The minimum atomic E-state index is -0.717. The topological polar surface area (TPSA) is 67.7 Å². The molecule has 0 radical (unpaired) electrons. The molecule has 2 aromatic heterocycles. The maximum Gasteiger partial charge on any atom is 0.311 e. The fourth-order valence-corrected chi connectivity index (χ4v) is 3.60. The highest BCUT2D eigenvalue weighted by molar-refractivity contribution is 5.82. The van der Waals surface area contributed by atoms with Crippen molar-refractivity contribution in [1.29, 1.82) is 0 Å². The van der Waals surface area contributed by atoms with E-state index in [4.69, 9.17) is 5.73 Å². The Balaban J connectivity index is 2.24. The second-order valence-corrected chi connectivity index (χ2v) is 5.98. The van der Waals surface area contributed by atoms with Crippen LogP contribution in [0.4, 0.5) is 0 Å². The summed E-state index contributed by atoms with van der Waals surface area (Å²) in [6, 6.07) is 6.19. The summed E-state index contributed by atoms with van der Waals surface area (Å²) in [4.78, 5) is 11.7. The van der Waals surface area contributed by atoms with Crippen LogP contribution in [0.5, 0.6) is 0 Å². The number of hydrogen-bond acceptors (Lipinski definition) is 2. The summed E-state index contributed by atoms with van der Waals surface area (Å²) in [6.45, 7) is 2.04. The molecule has 112 valence electrons. The minimum absolute atomic E-state index is 0.179. The molecule has 0 bridgehead atoms. The van der Waals surface area contributed by atoms with Crippen LogP contribution >= 0.6 is 0 Å². The zero-order valence-electron chi connectivity index (χ0n) is 12.4. The van der Waals surface area contributed by atoms with Crippen molar-refractivity contribution in [1.82, 2.24) is 4.40 Å². The first-order valence-electron chi connectivity index (χ1n) is 7.72. The molecule has 0 spiro atoms. The molecule has 0 saturated carbocycles. The van der Waals surface area contributed by atoms with E-state index in [1.807, 2.05) is 31.3 Å². The number of hydrogen-bond donors (Lipinski definition) is 2. The van der Waals surface area contributed by atoms with E-state index in [1.165, 1.54) is 11.3 Å². The summed E-state index contributed by atoms with van der Waals surface area (Å²) < 4.78 is 2.15. The molecule has 0 amide bonds. The highest BCUT2D eigenvalue weighted by Gasteiger charge is 2.30. The highest BCUT2D eigenvalue weighted by atomic mass is 16.4. The van der Waals surface area contributed by atoms with Crippen molar-refractivity contribution < 1.29 is 9.90 Å². The van der Waals surface area contributed by atoms with Gasteiger partial charge in [0.2, 0.25) is 0 Å². The van der Waals surface area contributed by atoms with E-state index in [0.717, 1.165) is 36.8 Å². The third kappa shape index (κ3) is 2.33. The van der Waals surface area contributed by atoms with Gasteiger partial charge in [-0.05, 0) is 42.5 Å². The van der Waals surface area contributed by atoms with E-state index in [0.29, 0.717) is 6.42 Å². The maximum atomic E-state index is 11.7. The average molecular weight is 286 g/mol. The van der Waals surface area contributed by atoms with Crippen LogP contribution < -0.4 is 5.73 Å². The first-order chi connectivity index (χ1) is 10.1. The number of rotatable bonds is 4. The van der Waals surface area contributed by atoms with Crippen molar-refractivity contribution in [3.05, 3.63) is 41.2 Å². The predicted octanol–water partition coefficient (Wildman–Crippen LogP) is 2.72. The highest BCUT2D eigenvalue weighted by Crippen LogP contribution is 2.36. The molecule has 4 nitrogen and oxygen atoms in total. The van der Waals surface area contributed by atoms with Gasteiger partial charge in [-0.15, -0.1) is 0 Å². The number of carboxylic acid groups (broad SMARTS) is 1. The molecule has 3 N–H and O–H groups in total. The van der Waals surface area contributed by atoms with Crippen LogP contribution in [0.2, 0.25) is 0 Å². The summed E-state index contributed by atoms with van der Waals surface area (Å²) in [7, 11) is 0. The van der Waals surface area contributed by atoms with Gasteiger partial charge in [-0.3, -0.25) is 4.79 Å². The van der Waals surface area contributed by atoms with E-state index in [1.54, 1.807) is 0 Å². The lowest BCUT2D eigenvalue weighted by atomic mass is 9.85. The van der Waals surface area contributed by atoms with Gasteiger partial charge in [0.05, 0.1) is 5.92 Å². The Kier molecular flexibility index (Phi) is 3.72. The zero-order chi connectivity index (χ0) is 15.0. The first kappa shape index (κ1) is 14.1. The number of carboxylic acids is 1. The van der Waals surface area contributed by atoms with Gasteiger partial charge in [-0.25, -0.2) is 0 Å². The number of nitrogens with zero attached hydrogens (tertiary/aromatic N) is 1. The summed E-state index contributed by atoms with van der Waals surface area (Å²) in [5, 5.41) is 9.66. The van der Waals surface area contributed by atoms with Gasteiger partial charge in [0.15, 0.2) is 0 Å². The summed E-state index contributed by atoms with van der Waals surface area (Å²) in [5.41, 5.74) is 10.6. The zero-order valence-corrected chi connectivity index (χ0v) is 12.4. The lowest BCUT2D eigenvalue weighted by Gasteiger charge is -2.21. The van der Waals surface area contributed by atoms with Gasteiger partial charge < -0.3 is 15.2 Å². The third-order valence-electron chi connectivity index (χ3n) is 4.54. The smallest absolute Gasteiger partial charge is 0.311 e. The molecule has 2 aromatic rings. The summed E-state index contributed by atoms with van der Waals surface area (Å²) in [6.07, 6.45) is 6.24. The Bertz CT molecular complexity index is 675. The van der Waals surface area contributed by atoms with Crippen LogP contribution in [0.25, 0.3) is 5.52 Å². The van der Waals surface area contributed by atoms with Crippen LogP contribution in [-0.2, 0) is 17.6 Å². The second kappa shape index (κ2) is 5.53. The number of pyridine rings is 1. The van der Waals surface area contributed by atoms with Crippen molar-refractivity contribution >= 4 is 11.5 Å². The second-order valence-electron chi connectivity index (χ2n) is 5.98. The molecule has 2 atom stereocenters. The molecule has 2 heterocycles. The van der Waals surface area contributed by atoms with E-state index in [-0.39, 0.29) is 6.04 Å². The van der Waals surface area contributed by atoms with Gasteiger partial charge in [0, 0.05) is 29.9 Å². The molecule has 1 aliphatic carbocycles. The van der Waals surface area contributed by atoms with E-state index in [9.17, 15) is 9.90 Å². The Morgan fingerprint density at radius 3 is 3.05 bits per heavy atom. The Morgan fingerprint density at radius 2 is 2.33 bits per heavy atom. The Morgan fingerprint density at radius 1 is 1.52 bits per heavy atom. The molecule has 0 aliphatic heterocycles. The standard InChI is InChI=1S/C17H22N2O2/c1-2-5-13(17(20)21)16-12-8-7-11(18)10-15(12)19-9-4-3-6-14(16)19/h3-4,6,9,11,13H,2,5,7-8,10,18H2,1H3,(H,20,21)/t11-,13?/m1/s1. The van der Waals surface area contributed by atoms with Gasteiger partial charge in [0.1, 0.15) is 0 Å². The van der Waals surface area contributed by atoms with Crippen LogP contribution in [-0.4, -0.2) is 21.5 Å². The molecule has 0 aromatic carbocycles. The van der Waals surface area contributed by atoms with Crippen molar-refractivity contribution in [2.45, 2.75) is 51.0 Å². The third-order valence-corrected chi connectivity index (χ3v) is 4.54. The first-order valence-corrected chi connectivity index (χ1v) is 7.72. The van der Waals surface area contributed by atoms with Gasteiger partial charge >= 0.3 is 5.97 Å². The molecule has 1 aliphatic rings. The van der Waals surface area contributed by atoms with Crippen molar-refractivity contribution in [3.63, 3.8) is 0 Å². The largest absolute Gasteiger partial charge is 0.481 e. The quantitative estimate of drug-likeness (QED) is 0.908. The number of aliphatic carboxylic acids is 1. The van der Waals surface area contributed by atoms with Gasteiger partial charge in [0.25, 0.3) is 0 Å². The molecule has 0 fully saturated rings. The molecule has 0 saturated heterocycles.